The quantitative estimate of drug-likeness (QED) is 0.914. The fraction of sp³-hybridized carbons (Fsp3) is 0.235. The van der Waals surface area contributed by atoms with E-state index in [0.717, 1.165) is 11.1 Å². The van der Waals surface area contributed by atoms with Crippen LogP contribution in [0.25, 0.3) is 0 Å². The zero-order valence-electron chi connectivity index (χ0n) is 12.1. The molecule has 1 amide bonds. The lowest BCUT2D eigenvalue weighted by Gasteiger charge is -2.15. The van der Waals surface area contributed by atoms with Crippen LogP contribution < -0.4 is 10.1 Å². The Hall–Kier alpha value is -2.00. The summed E-state index contributed by atoms with van der Waals surface area (Å²) >= 11 is 5.91. The van der Waals surface area contributed by atoms with Crippen molar-refractivity contribution < 1.29 is 9.53 Å². The van der Waals surface area contributed by atoms with Crippen LogP contribution >= 0.6 is 11.6 Å². The molecule has 0 heterocycles. The predicted molar refractivity (Wildman–Crippen MR) is 84.6 cm³/mol. The van der Waals surface area contributed by atoms with Gasteiger partial charge in [0.25, 0.3) is 5.91 Å². The van der Waals surface area contributed by atoms with Crippen LogP contribution in [-0.4, -0.2) is 12.0 Å². The monoisotopic (exact) mass is 303 g/mol. The minimum Gasteiger partial charge on any atom is -0.481 e. The average Bonchev–Trinajstić information content (AvgIpc) is 2.47. The first-order valence-corrected chi connectivity index (χ1v) is 7.18. The molecule has 0 radical (unpaired) electrons. The summed E-state index contributed by atoms with van der Waals surface area (Å²) in [4.78, 5) is 12.0. The van der Waals surface area contributed by atoms with E-state index in [2.05, 4.69) is 5.32 Å². The summed E-state index contributed by atoms with van der Waals surface area (Å²) in [5.74, 6) is 0.529. The normalized spacial score (nSPS) is 11.8. The molecule has 0 fully saturated rings. The lowest BCUT2D eigenvalue weighted by atomic mass is 10.2. The van der Waals surface area contributed by atoms with Gasteiger partial charge in [-0.2, -0.15) is 0 Å². The lowest BCUT2D eigenvalue weighted by molar-refractivity contribution is -0.127. The molecule has 0 aromatic heterocycles. The Balaban J connectivity index is 1.86. The van der Waals surface area contributed by atoms with Gasteiger partial charge in [0.05, 0.1) is 0 Å². The molecule has 2 aromatic rings. The Bertz CT molecular complexity index is 610. The fourth-order valence-electron chi connectivity index (χ4n) is 1.85. The number of hydrogen-bond donors (Lipinski definition) is 1. The van der Waals surface area contributed by atoms with E-state index in [1.54, 1.807) is 13.0 Å². The van der Waals surface area contributed by atoms with Gasteiger partial charge in [-0.25, -0.2) is 0 Å². The molecule has 3 nitrogen and oxygen atoms in total. The molecule has 1 unspecified atom stereocenters. The molecule has 110 valence electrons. The minimum absolute atomic E-state index is 0.157. The summed E-state index contributed by atoms with van der Waals surface area (Å²) in [6.45, 7) is 4.17. The summed E-state index contributed by atoms with van der Waals surface area (Å²) in [7, 11) is 0. The van der Waals surface area contributed by atoms with Gasteiger partial charge in [0.2, 0.25) is 0 Å². The van der Waals surface area contributed by atoms with E-state index in [1.807, 2.05) is 49.4 Å². The van der Waals surface area contributed by atoms with Crippen molar-refractivity contribution >= 4 is 17.5 Å². The molecule has 1 N–H and O–H groups in total. The Morgan fingerprint density at radius 3 is 2.62 bits per heavy atom. The highest BCUT2D eigenvalue weighted by Crippen LogP contribution is 2.14. The zero-order valence-corrected chi connectivity index (χ0v) is 12.9. The molecule has 0 aliphatic heterocycles. The maximum Gasteiger partial charge on any atom is 0.261 e. The number of carbonyl (C=O) groups is 1. The van der Waals surface area contributed by atoms with Crippen LogP contribution in [0.3, 0.4) is 0 Å². The molecule has 2 aromatic carbocycles. The van der Waals surface area contributed by atoms with Crippen molar-refractivity contribution in [3.8, 4) is 5.75 Å². The number of halogens is 1. The molecular formula is C17H18ClNO2. The minimum atomic E-state index is -0.549. The third-order valence-electron chi connectivity index (χ3n) is 3.06. The third kappa shape index (κ3) is 4.80. The van der Waals surface area contributed by atoms with Crippen molar-refractivity contribution in [3.63, 3.8) is 0 Å². The van der Waals surface area contributed by atoms with Crippen LogP contribution in [0.2, 0.25) is 5.02 Å². The van der Waals surface area contributed by atoms with Gasteiger partial charge in [-0.05, 0) is 43.7 Å². The molecule has 0 bridgehead atoms. The number of carbonyl (C=O) groups excluding carboxylic acids is 1. The van der Waals surface area contributed by atoms with E-state index in [1.165, 1.54) is 0 Å². The van der Waals surface area contributed by atoms with E-state index in [4.69, 9.17) is 16.3 Å². The molecule has 4 heteroatoms. The van der Waals surface area contributed by atoms with Crippen LogP contribution in [0.15, 0.2) is 48.5 Å². The van der Waals surface area contributed by atoms with Gasteiger partial charge in [-0.15, -0.1) is 0 Å². The highest BCUT2D eigenvalue weighted by Gasteiger charge is 2.14. The van der Waals surface area contributed by atoms with E-state index in [0.29, 0.717) is 17.3 Å². The van der Waals surface area contributed by atoms with Crippen molar-refractivity contribution in [3.05, 3.63) is 64.7 Å². The van der Waals surface area contributed by atoms with E-state index in [9.17, 15) is 4.79 Å². The van der Waals surface area contributed by atoms with Crippen molar-refractivity contribution in [1.82, 2.24) is 5.32 Å². The van der Waals surface area contributed by atoms with Gasteiger partial charge in [-0.1, -0.05) is 41.4 Å². The third-order valence-corrected chi connectivity index (χ3v) is 3.29. The first kappa shape index (κ1) is 15.4. The van der Waals surface area contributed by atoms with Crippen LogP contribution in [-0.2, 0) is 11.3 Å². The number of ether oxygens (including phenoxy) is 1. The number of benzene rings is 2. The summed E-state index contributed by atoms with van der Waals surface area (Å²) in [5.41, 5.74) is 2.11. The first-order chi connectivity index (χ1) is 10.0. The van der Waals surface area contributed by atoms with Crippen molar-refractivity contribution in [1.29, 1.82) is 0 Å². The largest absolute Gasteiger partial charge is 0.481 e. The molecule has 0 aliphatic carbocycles. The SMILES string of the molecule is Cc1ccc(OC(C)C(=O)NCc2cccc(Cl)c2)cc1. The average molecular weight is 304 g/mol. The summed E-state index contributed by atoms with van der Waals surface area (Å²) in [5, 5.41) is 3.49. The first-order valence-electron chi connectivity index (χ1n) is 6.80. The fourth-order valence-corrected chi connectivity index (χ4v) is 2.07. The van der Waals surface area contributed by atoms with Gasteiger partial charge >= 0.3 is 0 Å². The Kier molecular flexibility index (Phi) is 5.23. The highest BCUT2D eigenvalue weighted by molar-refractivity contribution is 6.30. The maximum absolute atomic E-state index is 12.0. The van der Waals surface area contributed by atoms with E-state index >= 15 is 0 Å². The Morgan fingerprint density at radius 1 is 1.24 bits per heavy atom. The molecule has 0 saturated heterocycles. The summed E-state index contributed by atoms with van der Waals surface area (Å²) in [6, 6.07) is 15.0. The number of amides is 1. The molecular weight excluding hydrogens is 286 g/mol. The molecule has 0 aliphatic rings. The molecule has 0 saturated carbocycles. The summed E-state index contributed by atoms with van der Waals surface area (Å²) in [6.07, 6.45) is -0.549. The molecule has 2 rings (SSSR count). The van der Waals surface area contributed by atoms with Gasteiger partial charge in [0.15, 0.2) is 6.10 Å². The van der Waals surface area contributed by atoms with Crippen molar-refractivity contribution in [2.45, 2.75) is 26.5 Å². The van der Waals surface area contributed by atoms with Crippen LogP contribution in [0.4, 0.5) is 0 Å². The highest BCUT2D eigenvalue weighted by atomic mass is 35.5. The lowest BCUT2D eigenvalue weighted by Crippen LogP contribution is -2.35. The Morgan fingerprint density at radius 2 is 1.95 bits per heavy atom. The topological polar surface area (TPSA) is 38.3 Å². The maximum atomic E-state index is 12.0. The molecule has 1 atom stereocenters. The standard InChI is InChI=1S/C17H18ClNO2/c1-12-6-8-16(9-7-12)21-13(2)17(20)19-11-14-4-3-5-15(18)10-14/h3-10,13H,11H2,1-2H3,(H,19,20). The van der Waals surface area contributed by atoms with Crippen molar-refractivity contribution in [2.75, 3.05) is 0 Å². The second-order valence-corrected chi connectivity index (χ2v) is 5.36. The number of aryl methyl sites for hydroxylation is 1. The number of nitrogens with one attached hydrogen (secondary N) is 1. The van der Waals surface area contributed by atoms with Crippen LogP contribution in [0.5, 0.6) is 5.75 Å². The Labute approximate surface area is 129 Å². The van der Waals surface area contributed by atoms with Gasteiger partial charge in [0.1, 0.15) is 5.75 Å². The van der Waals surface area contributed by atoms with E-state index < -0.39 is 6.10 Å². The zero-order chi connectivity index (χ0) is 15.2. The smallest absolute Gasteiger partial charge is 0.261 e. The van der Waals surface area contributed by atoms with Gasteiger partial charge in [0, 0.05) is 11.6 Å². The number of hydrogen-bond acceptors (Lipinski definition) is 2. The van der Waals surface area contributed by atoms with Gasteiger partial charge in [-0.3, -0.25) is 4.79 Å². The second-order valence-electron chi connectivity index (χ2n) is 4.92. The van der Waals surface area contributed by atoms with Gasteiger partial charge < -0.3 is 10.1 Å². The molecule has 21 heavy (non-hydrogen) atoms. The van der Waals surface area contributed by atoms with Crippen molar-refractivity contribution in [2.24, 2.45) is 0 Å². The second kappa shape index (κ2) is 7.14. The number of rotatable bonds is 5. The predicted octanol–water partition coefficient (Wildman–Crippen LogP) is 3.73. The summed E-state index contributed by atoms with van der Waals surface area (Å²) < 4.78 is 5.61. The molecule has 0 spiro atoms. The van der Waals surface area contributed by atoms with Crippen LogP contribution in [0, 0.1) is 6.92 Å². The van der Waals surface area contributed by atoms with Crippen LogP contribution in [0.1, 0.15) is 18.1 Å². The van der Waals surface area contributed by atoms with E-state index in [-0.39, 0.29) is 5.91 Å².